The first-order valence-corrected chi connectivity index (χ1v) is 7.23. The van der Waals surface area contributed by atoms with E-state index in [2.05, 4.69) is 32.7 Å². The topological polar surface area (TPSA) is 66.9 Å². The Bertz CT molecular complexity index is 611. The number of anilines is 1. The lowest BCUT2D eigenvalue weighted by atomic mass is 10.1. The van der Waals surface area contributed by atoms with Gasteiger partial charge in [-0.05, 0) is 30.9 Å². The van der Waals surface area contributed by atoms with Crippen LogP contribution in [0.2, 0.25) is 0 Å². The summed E-state index contributed by atoms with van der Waals surface area (Å²) in [4.78, 5) is 20.3. The zero-order chi connectivity index (χ0) is 14.5. The molecule has 5 nitrogen and oxygen atoms in total. The molecule has 3 rings (SSSR count). The Hall–Kier alpha value is -2.43. The largest absolute Gasteiger partial charge is 0.354 e. The van der Waals surface area contributed by atoms with Crippen molar-refractivity contribution in [1.82, 2.24) is 15.3 Å². The maximum Gasteiger partial charge on any atom is 0.270 e. The van der Waals surface area contributed by atoms with Crippen molar-refractivity contribution in [3.63, 3.8) is 0 Å². The number of hydrogen-bond donors (Lipinski definition) is 2. The van der Waals surface area contributed by atoms with Gasteiger partial charge in [-0.25, -0.2) is 9.97 Å². The second-order valence-corrected chi connectivity index (χ2v) is 5.18. The SMILES string of the molecule is O=C(NC1CC1)c1ccnc(NCCc2ccccc2)n1. The number of aromatic nitrogens is 2. The van der Waals surface area contributed by atoms with Crippen LogP contribution in [0, 0.1) is 0 Å². The summed E-state index contributed by atoms with van der Waals surface area (Å²) in [5.41, 5.74) is 1.67. The van der Waals surface area contributed by atoms with Gasteiger partial charge in [-0.1, -0.05) is 30.3 Å². The fourth-order valence-corrected chi connectivity index (χ4v) is 2.02. The number of hydrogen-bond acceptors (Lipinski definition) is 4. The van der Waals surface area contributed by atoms with Gasteiger partial charge in [0.15, 0.2) is 0 Å². The average molecular weight is 282 g/mol. The van der Waals surface area contributed by atoms with Crippen LogP contribution >= 0.6 is 0 Å². The third-order valence-electron chi connectivity index (χ3n) is 3.34. The van der Waals surface area contributed by atoms with Crippen LogP contribution in [0.1, 0.15) is 28.9 Å². The molecule has 5 heteroatoms. The molecule has 0 radical (unpaired) electrons. The molecule has 0 bridgehead atoms. The summed E-state index contributed by atoms with van der Waals surface area (Å²) in [5.74, 6) is 0.375. The van der Waals surface area contributed by atoms with Gasteiger partial charge in [0.2, 0.25) is 5.95 Å². The van der Waals surface area contributed by atoms with E-state index in [9.17, 15) is 4.79 Å². The van der Waals surface area contributed by atoms with Crippen LogP contribution in [0.15, 0.2) is 42.6 Å². The van der Waals surface area contributed by atoms with Crippen LogP contribution < -0.4 is 10.6 Å². The summed E-state index contributed by atoms with van der Waals surface area (Å²) in [6, 6.07) is 12.2. The number of carbonyl (C=O) groups is 1. The molecule has 2 aromatic rings. The van der Waals surface area contributed by atoms with Crippen molar-refractivity contribution in [2.24, 2.45) is 0 Å². The first-order valence-electron chi connectivity index (χ1n) is 7.23. The Morgan fingerprint density at radius 1 is 1.19 bits per heavy atom. The molecule has 108 valence electrons. The minimum Gasteiger partial charge on any atom is -0.354 e. The Morgan fingerprint density at radius 3 is 2.76 bits per heavy atom. The number of amides is 1. The van der Waals surface area contributed by atoms with E-state index >= 15 is 0 Å². The molecule has 2 N–H and O–H groups in total. The first-order chi connectivity index (χ1) is 10.3. The molecule has 1 aliphatic rings. The van der Waals surface area contributed by atoms with Crippen molar-refractivity contribution in [1.29, 1.82) is 0 Å². The lowest BCUT2D eigenvalue weighted by Crippen LogP contribution is -2.26. The van der Waals surface area contributed by atoms with Gasteiger partial charge in [-0.15, -0.1) is 0 Å². The Balaban J connectivity index is 1.54. The van der Waals surface area contributed by atoms with Gasteiger partial charge in [-0.2, -0.15) is 0 Å². The van der Waals surface area contributed by atoms with E-state index < -0.39 is 0 Å². The van der Waals surface area contributed by atoms with Crippen LogP contribution in [-0.2, 0) is 6.42 Å². The maximum absolute atomic E-state index is 11.9. The molecule has 0 saturated heterocycles. The first kappa shape index (κ1) is 13.5. The monoisotopic (exact) mass is 282 g/mol. The van der Waals surface area contributed by atoms with Crippen molar-refractivity contribution in [3.8, 4) is 0 Å². The summed E-state index contributed by atoms with van der Waals surface area (Å²) < 4.78 is 0. The summed E-state index contributed by atoms with van der Waals surface area (Å²) in [5, 5.41) is 6.08. The van der Waals surface area contributed by atoms with Crippen LogP contribution in [-0.4, -0.2) is 28.5 Å². The highest BCUT2D eigenvalue weighted by Gasteiger charge is 2.24. The number of nitrogens with zero attached hydrogens (tertiary/aromatic N) is 2. The van der Waals surface area contributed by atoms with E-state index in [0.29, 0.717) is 17.7 Å². The molecule has 1 saturated carbocycles. The molecular formula is C16H18N4O. The van der Waals surface area contributed by atoms with E-state index in [1.165, 1.54) is 5.56 Å². The Morgan fingerprint density at radius 2 is 2.00 bits per heavy atom. The number of nitrogens with one attached hydrogen (secondary N) is 2. The highest BCUT2D eigenvalue weighted by atomic mass is 16.2. The van der Waals surface area contributed by atoms with Gasteiger partial charge >= 0.3 is 0 Å². The molecule has 1 fully saturated rings. The highest BCUT2D eigenvalue weighted by Crippen LogP contribution is 2.19. The molecule has 0 atom stereocenters. The molecule has 0 aliphatic heterocycles. The number of benzene rings is 1. The second-order valence-electron chi connectivity index (χ2n) is 5.18. The fraction of sp³-hybridized carbons (Fsp3) is 0.312. The molecule has 1 heterocycles. The third kappa shape index (κ3) is 4.02. The Labute approximate surface area is 123 Å². The van der Waals surface area contributed by atoms with Crippen molar-refractivity contribution in [2.75, 3.05) is 11.9 Å². The van der Waals surface area contributed by atoms with Crippen molar-refractivity contribution >= 4 is 11.9 Å². The normalized spacial score (nSPS) is 13.7. The van der Waals surface area contributed by atoms with E-state index in [0.717, 1.165) is 25.8 Å². The molecule has 1 amide bonds. The van der Waals surface area contributed by atoms with Gasteiger partial charge in [0.1, 0.15) is 5.69 Å². The highest BCUT2D eigenvalue weighted by molar-refractivity contribution is 5.92. The molecule has 0 unspecified atom stereocenters. The molecule has 1 aromatic carbocycles. The third-order valence-corrected chi connectivity index (χ3v) is 3.34. The predicted molar refractivity (Wildman–Crippen MR) is 81.2 cm³/mol. The van der Waals surface area contributed by atoms with E-state index in [-0.39, 0.29) is 5.91 Å². The van der Waals surface area contributed by atoms with E-state index in [1.807, 2.05) is 18.2 Å². The molecule has 21 heavy (non-hydrogen) atoms. The zero-order valence-electron chi connectivity index (χ0n) is 11.7. The number of rotatable bonds is 6. The second kappa shape index (κ2) is 6.35. The van der Waals surface area contributed by atoms with Gasteiger partial charge in [0.25, 0.3) is 5.91 Å². The Kier molecular flexibility index (Phi) is 4.09. The van der Waals surface area contributed by atoms with Crippen LogP contribution in [0.3, 0.4) is 0 Å². The van der Waals surface area contributed by atoms with Crippen LogP contribution in [0.25, 0.3) is 0 Å². The predicted octanol–water partition coefficient (Wildman–Crippen LogP) is 2.02. The van der Waals surface area contributed by atoms with Gasteiger partial charge in [0, 0.05) is 18.8 Å². The summed E-state index contributed by atoms with van der Waals surface area (Å²) in [6.07, 6.45) is 4.64. The van der Waals surface area contributed by atoms with Crippen LogP contribution in [0.4, 0.5) is 5.95 Å². The zero-order valence-corrected chi connectivity index (χ0v) is 11.7. The summed E-state index contributed by atoms with van der Waals surface area (Å²) >= 11 is 0. The summed E-state index contributed by atoms with van der Waals surface area (Å²) in [7, 11) is 0. The van der Waals surface area contributed by atoms with Gasteiger partial charge in [-0.3, -0.25) is 4.79 Å². The van der Waals surface area contributed by atoms with Gasteiger partial charge < -0.3 is 10.6 Å². The van der Waals surface area contributed by atoms with E-state index in [4.69, 9.17) is 0 Å². The van der Waals surface area contributed by atoms with E-state index in [1.54, 1.807) is 12.3 Å². The molecule has 0 spiro atoms. The van der Waals surface area contributed by atoms with Crippen molar-refractivity contribution in [2.45, 2.75) is 25.3 Å². The van der Waals surface area contributed by atoms with Crippen molar-refractivity contribution in [3.05, 3.63) is 53.9 Å². The lowest BCUT2D eigenvalue weighted by Gasteiger charge is -2.07. The van der Waals surface area contributed by atoms with Crippen molar-refractivity contribution < 1.29 is 4.79 Å². The standard InChI is InChI=1S/C16H18N4O/c21-15(19-13-6-7-13)14-9-11-18-16(20-14)17-10-8-12-4-2-1-3-5-12/h1-5,9,11,13H,6-8,10H2,(H,19,21)(H,17,18,20). The fourth-order valence-electron chi connectivity index (χ4n) is 2.02. The minimum absolute atomic E-state index is 0.119. The number of carbonyl (C=O) groups excluding carboxylic acids is 1. The minimum atomic E-state index is -0.119. The summed E-state index contributed by atoms with van der Waals surface area (Å²) in [6.45, 7) is 0.734. The molecular weight excluding hydrogens is 264 g/mol. The average Bonchev–Trinajstić information content (AvgIpc) is 3.33. The smallest absolute Gasteiger partial charge is 0.270 e. The quantitative estimate of drug-likeness (QED) is 0.850. The molecule has 1 aliphatic carbocycles. The van der Waals surface area contributed by atoms with Crippen LogP contribution in [0.5, 0.6) is 0 Å². The lowest BCUT2D eigenvalue weighted by molar-refractivity contribution is 0.0946. The maximum atomic E-state index is 11.9. The molecule has 1 aromatic heterocycles. The van der Waals surface area contributed by atoms with Gasteiger partial charge in [0.05, 0.1) is 0 Å².